The van der Waals surface area contributed by atoms with Gasteiger partial charge >= 0.3 is 5.97 Å². The molecule has 1 saturated heterocycles. The predicted octanol–water partition coefficient (Wildman–Crippen LogP) is 1.23. The van der Waals surface area contributed by atoms with E-state index in [4.69, 9.17) is 9.84 Å². The molecule has 1 fully saturated rings. The Morgan fingerprint density at radius 2 is 2.39 bits per heavy atom. The average Bonchev–Trinajstić information content (AvgIpc) is 2.77. The molecular formula is C11H17N3O3S. The summed E-state index contributed by atoms with van der Waals surface area (Å²) in [6, 6.07) is 0. The maximum Gasteiger partial charge on any atom is 0.308 e. The van der Waals surface area contributed by atoms with Gasteiger partial charge in [0.05, 0.1) is 5.92 Å². The smallest absolute Gasteiger partial charge is 0.308 e. The maximum absolute atomic E-state index is 11.1. The minimum Gasteiger partial charge on any atom is -0.481 e. The van der Waals surface area contributed by atoms with E-state index in [0.29, 0.717) is 24.9 Å². The Morgan fingerprint density at radius 1 is 1.61 bits per heavy atom. The van der Waals surface area contributed by atoms with Crippen LogP contribution in [0.3, 0.4) is 0 Å². The van der Waals surface area contributed by atoms with Crippen LogP contribution < -0.4 is 4.90 Å². The third-order valence-corrected chi connectivity index (χ3v) is 3.83. The van der Waals surface area contributed by atoms with Gasteiger partial charge in [0.1, 0.15) is 6.61 Å². The van der Waals surface area contributed by atoms with Crippen molar-refractivity contribution in [2.45, 2.75) is 20.0 Å². The van der Waals surface area contributed by atoms with Crippen LogP contribution in [-0.4, -0.2) is 40.6 Å². The van der Waals surface area contributed by atoms with Crippen LogP contribution in [0.5, 0.6) is 0 Å². The molecule has 0 aliphatic carbocycles. The van der Waals surface area contributed by atoms with Gasteiger partial charge in [-0.1, -0.05) is 6.92 Å². The van der Waals surface area contributed by atoms with E-state index in [-0.39, 0.29) is 5.92 Å². The van der Waals surface area contributed by atoms with E-state index >= 15 is 0 Å². The summed E-state index contributed by atoms with van der Waals surface area (Å²) in [7, 11) is 1.60. The van der Waals surface area contributed by atoms with Crippen molar-refractivity contribution in [3.63, 3.8) is 0 Å². The predicted molar refractivity (Wildman–Crippen MR) is 67.7 cm³/mol. The number of rotatable bonds is 4. The van der Waals surface area contributed by atoms with Crippen molar-refractivity contribution in [2.75, 3.05) is 25.1 Å². The highest BCUT2D eigenvalue weighted by molar-refractivity contribution is 7.09. The van der Waals surface area contributed by atoms with Crippen LogP contribution in [0.25, 0.3) is 0 Å². The molecule has 6 nitrogen and oxygen atoms in total. The largest absolute Gasteiger partial charge is 0.481 e. The monoisotopic (exact) mass is 271 g/mol. The number of ether oxygens (including phenoxy) is 1. The second-order valence-corrected chi connectivity index (χ2v) is 5.44. The fourth-order valence-electron chi connectivity index (χ4n) is 2.25. The van der Waals surface area contributed by atoms with E-state index in [9.17, 15) is 4.79 Å². The molecule has 18 heavy (non-hydrogen) atoms. The number of methoxy groups -OCH3 is 1. The van der Waals surface area contributed by atoms with E-state index in [2.05, 4.69) is 16.3 Å². The quantitative estimate of drug-likeness (QED) is 0.887. The molecule has 2 atom stereocenters. The van der Waals surface area contributed by atoms with Gasteiger partial charge in [-0.05, 0) is 12.3 Å². The first-order valence-corrected chi connectivity index (χ1v) is 6.66. The Hall–Kier alpha value is -1.21. The van der Waals surface area contributed by atoms with Gasteiger partial charge in [0.25, 0.3) is 0 Å². The summed E-state index contributed by atoms with van der Waals surface area (Å²) in [6.07, 6.45) is 0.732. The zero-order valence-corrected chi connectivity index (χ0v) is 11.3. The average molecular weight is 271 g/mol. The fourth-order valence-corrected chi connectivity index (χ4v) is 2.94. The molecule has 0 spiro atoms. The van der Waals surface area contributed by atoms with Gasteiger partial charge in [-0.3, -0.25) is 4.79 Å². The molecule has 0 aromatic carbocycles. The highest BCUT2D eigenvalue weighted by Crippen LogP contribution is 2.27. The number of piperidine rings is 1. The molecule has 1 aromatic heterocycles. The SMILES string of the molecule is COCc1nsc(N2CC(C)CC(C(=O)O)C2)n1. The first-order chi connectivity index (χ1) is 8.60. The second-order valence-electron chi connectivity index (χ2n) is 4.71. The number of hydrogen-bond donors (Lipinski definition) is 1. The molecule has 1 aliphatic heterocycles. The minimum atomic E-state index is -0.729. The van der Waals surface area contributed by atoms with E-state index in [0.717, 1.165) is 18.1 Å². The topological polar surface area (TPSA) is 75.5 Å². The van der Waals surface area contributed by atoms with Crippen molar-refractivity contribution in [2.24, 2.45) is 11.8 Å². The summed E-state index contributed by atoms with van der Waals surface area (Å²) in [5.41, 5.74) is 0. The third kappa shape index (κ3) is 2.97. The number of carboxylic acids is 1. The van der Waals surface area contributed by atoms with Gasteiger partial charge in [-0.2, -0.15) is 4.37 Å². The van der Waals surface area contributed by atoms with Crippen molar-refractivity contribution < 1.29 is 14.6 Å². The summed E-state index contributed by atoms with van der Waals surface area (Å²) >= 11 is 1.30. The van der Waals surface area contributed by atoms with E-state index in [1.165, 1.54) is 11.5 Å². The Kier molecular flexibility index (Phi) is 4.13. The lowest BCUT2D eigenvalue weighted by atomic mass is 9.91. The number of carbonyl (C=O) groups is 1. The second kappa shape index (κ2) is 5.62. The van der Waals surface area contributed by atoms with Crippen LogP contribution in [0, 0.1) is 11.8 Å². The third-order valence-electron chi connectivity index (χ3n) is 3.01. The molecule has 7 heteroatoms. The van der Waals surface area contributed by atoms with Crippen LogP contribution in [0.15, 0.2) is 0 Å². The standard InChI is InChI=1S/C11H17N3O3S/c1-7-3-8(10(15)16)5-14(4-7)11-12-9(6-17-2)13-18-11/h7-8H,3-6H2,1-2H3,(H,15,16). The number of aromatic nitrogens is 2. The number of hydrogen-bond acceptors (Lipinski definition) is 6. The van der Waals surface area contributed by atoms with Gasteiger partial charge in [-0.25, -0.2) is 4.98 Å². The molecule has 100 valence electrons. The Labute approximate surface area is 110 Å². The van der Waals surface area contributed by atoms with E-state index < -0.39 is 5.97 Å². The highest BCUT2D eigenvalue weighted by atomic mass is 32.1. The Bertz CT molecular complexity index is 423. The molecule has 1 aromatic rings. The lowest BCUT2D eigenvalue weighted by Gasteiger charge is -2.34. The van der Waals surface area contributed by atoms with E-state index in [1.54, 1.807) is 7.11 Å². The summed E-state index contributed by atoms with van der Waals surface area (Å²) in [6.45, 7) is 3.81. The van der Waals surface area contributed by atoms with Crippen LogP contribution in [0.1, 0.15) is 19.2 Å². The minimum absolute atomic E-state index is 0.316. The summed E-state index contributed by atoms with van der Waals surface area (Å²) in [4.78, 5) is 17.5. The van der Waals surface area contributed by atoms with Gasteiger partial charge in [0.2, 0.25) is 5.13 Å². The normalized spacial score (nSPS) is 24.2. The molecule has 0 radical (unpaired) electrons. The number of nitrogens with zero attached hydrogens (tertiary/aromatic N) is 3. The van der Waals surface area contributed by atoms with Gasteiger partial charge in [-0.15, -0.1) is 0 Å². The molecule has 0 saturated carbocycles. The lowest BCUT2D eigenvalue weighted by molar-refractivity contribution is -0.142. The molecule has 1 aliphatic rings. The molecule has 0 amide bonds. The zero-order valence-electron chi connectivity index (χ0n) is 10.5. The number of aliphatic carboxylic acids is 1. The van der Waals surface area contributed by atoms with Crippen molar-refractivity contribution in [3.8, 4) is 0 Å². The zero-order chi connectivity index (χ0) is 13.1. The van der Waals surface area contributed by atoms with Crippen LogP contribution in [-0.2, 0) is 16.1 Å². The van der Waals surface area contributed by atoms with Crippen molar-refractivity contribution >= 4 is 22.6 Å². The fraction of sp³-hybridized carbons (Fsp3) is 0.727. The highest BCUT2D eigenvalue weighted by Gasteiger charge is 2.30. The van der Waals surface area contributed by atoms with Crippen LogP contribution in [0.2, 0.25) is 0 Å². The molecule has 2 rings (SSSR count). The molecular weight excluding hydrogens is 254 g/mol. The van der Waals surface area contributed by atoms with Crippen LogP contribution in [0.4, 0.5) is 5.13 Å². The maximum atomic E-state index is 11.1. The first kappa shape index (κ1) is 13.2. The van der Waals surface area contributed by atoms with Gasteiger partial charge in [0, 0.05) is 31.7 Å². The van der Waals surface area contributed by atoms with Crippen LogP contribution >= 0.6 is 11.5 Å². The summed E-state index contributed by atoms with van der Waals surface area (Å²) in [5.74, 6) is -0.0334. The Morgan fingerprint density at radius 3 is 3.06 bits per heavy atom. The molecule has 0 bridgehead atoms. The van der Waals surface area contributed by atoms with Crippen molar-refractivity contribution in [3.05, 3.63) is 5.82 Å². The Balaban J connectivity index is 2.08. The van der Waals surface area contributed by atoms with Crippen molar-refractivity contribution in [1.82, 2.24) is 9.36 Å². The summed E-state index contributed by atoms with van der Waals surface area (Å²) < 4.78 is 9.17. The summed E-state index contributed by atoms with van der Waals surface area (Å²) in [5, 5.41) is 9.92. The van der Waals surface area contributed by atoms with Gasteiger partial charge < -0.3 is 14.7 Å². The number of carboxylic acid groups (broad SMARTS) is 1. The number of anilines is 1. The van der Waals surface area contributed by atoms with Gasteiger partial charge in [0.15, 0.2) is 5.82 Å². The molecule has 2 heterocycles. The first-order valence-electron chi connectivity index (χ1n) is 5.89. The molecule has 2 unspecified atom stereocenters. The van der Waals surface area contributed by atoms with E-state index in [1.807, 2.05) is 4.90 Å². The lowest BCUT2D eigenvalue weighted by Crippen LogP contribution is -2.42. The van der Waals surface area contributed by atoms with Crippen molar-refractivity contribution in [1.29, 1.82) is 0 Å². The molecule has 1 N–H and O–H groups in total.